The van der Waals surface area contributed by atoms with Gasteiger partial charge in [0.05, 0.1) is 6.42 Å². The lowest BCUT2D eigenvalue weighted by molar-refractivity contribution is -0.144. The van der Waals surface area contributed by atoms with Crippen molar-refractivity contribution in [3.63, 3.8) is 0 Å². The van der Waals surface area contributed by atoms with E-state index in [4.69, 9.17) is 10.5 Å². The summed E-state index contributed by atoms with van der Waals surface area (Å²) in [5.41, 5.74) is 5.74. The van der Waals surface area contributed by atoms with Crippen LogP contribution in [0.1, 0.15) is 89.8 Å². The average molecular weight is 531 g/mol. The van der Waals surface area contributed by atoms with Crippen LogP contribution in [-0.4, -0.2) is 57.5 Å². The molecule has 10 nitrogen and oxygen atoms in total. The molecule has 0 spiro atoms. The smallest absolute Gasteiger partial charge is 0.408 e. The Bertz CT molecular complexity index is 1050. The summed E-state index contributed by atoms with van der Waals surface area (Å²) in [6.45, 7) is 8.77. The number of nitrogens with one attached hydrogen (secondary N) is 2. The zero-order valence-electron chi connectivity index (χ0n) is 23.1. The molecule has 4 amide bonds. The number of phenols is 1. The summed E-state index contributed by atoms with van der Waals surface area (Å²) in [5.74, 6) is -1.48. The highest BCUT2D eigenvalue weighted by Crippen LogP contribution is 2.41. The number of phenolic OH excluding ortho intramolecular Hbond substituents is 1. The van der Waals surface area contributed by atoms with Gasteiger partial charge in [-0.05, 0) is 76.1 Å². The van der Waals surface area contributed by atoms with E-state index in [1.165, 1.54) is 11.0 Å². The molecule has 5 N–H and O–H groups in total. The van der Waals surface area contributed by atoms with Crippen LogP contribution in [0.15, 0.2) is 18.2 Å². The molecule has 210 valence electrons. The number of alkyl carbamates (subject to hydrolysis) is 1. The normalized spacial score (nSPS) is 21.1. The minimum absolute atomic E-state index is 0.00634. The van der Waals surface area contributed by atoms with Crippen LogP contribution >= 0.6 is 0 Å². The number of primary amides is 1. The Morgan fingerprint density at radius 3 is 2.32 bits per heavy atom. The molecule has 0 radical (unpaired) electrons. The van der Waals surface area contributed by atoms with E-state index < -0.39 is 42.0 Å². The van der Waals surface area contributed by atoms with Gasteiger partial charge in [-0.25, -0.2) is 4.79 Å². The first-order valence-corrected chi connectivity index (χ1v) is 13.5. The summed E-state index contributed by atoms with van der Waals surface area (Å²) in [6.07, 6.45) is 4.28. The van der Waals surface area contributed by atoms with E-state index in [0.717, 1.165) is 32.1 Å². The molecule has 10 heteroatoms. The van der Waals surface area contributed by atoms with Gasteiger partial charge in [0.15, 0.2) is 0 Å². The molecular weight excluding hydrogens is 488 g/mol. The highest BCUT2D eigenvalue weighted by atomic mass is 16.6. The van der Waals surface area contributed by atoms with Crippen LogP contribution in [0.2, 0.25) is 0 Å². The largest absolute Gasteiger partial charge is 0.508 e. The number of nitrogens with zero attached hydrogens (tertiary/aromatic N) is 1. The maximum absolute atomic E-state index is 14.1. The molecule has 0 bridgehead atoms. The van der Waals surface area contributed by atoms with Gasteiger partial charge in [-0.1, -0.05) is 32.3 Å². The molecule has 0 saturated heterocycles. The van der Waals surface area contributed by atoms with Crippen LogP contribution in [0.5, 0.6) is 5.75 Å². The van der Waals surface area contributed by atoms with Crippen molar-refractivity contribution < 1.29 is 29.0 Å². The van der Waals surface area contributed by atoms with Gasteiger partial charge < -0.3 is 31.1 Å². The predicted molar refractivity (Wildman–Crippen MR) is 142 cm³/mol. The predicted octanol–water partition coefficient (Wildman–Crippen LogP) is 3.20. The van der Waals surface area contributed by atoms with E-state index in [-0.39, 0.29) is 29.7 Å². The van der Waals surface area contributed by atoms with Crippen molar-refractivity contribution in [2.75, 3.05) is 0 Å². The van der Waals surface area contributed by atoms with Gasteiger partial charge in [-0.3, -0.25) is 14.4 Å². The fourth-order valence-corrected chi connectivity index (χ4v) is 5.02. The van der Waals surface area contributed by atoms with Crippen molar-refractivity contribution in [2.45, 2.75) is 109 Å². The van der Waals surface area contributed by atoms with E-state index in [1.807, 2.05) is 6.92 Å². The lowest BCUT2D eigenvalue weighted by Gasteiger charge is -2.36. The summed E-state index contributed by atoms with van der Waals surface area (Å²) < 4.78 is 5.32. The molecule has 0 aliphatic heterocycles. The first-order chi connectivity index (χ1) is 17.8. The topological polar surface area (TPSA) is 151 Å². The standard InChI is InChI=1S/C28H42N4O6/c1-16-14-21(16)32(26(36)20(15-23(29)34)31-27(37)38-28(3,4)5)24(18-11-12-22(33)17(2)13-18)25(35)30-19-9-7-6-8-10-19/h11-13,16,19-21,24,33H,6-10,14-15H2,1-5H3,(H2,29,34)(H,30,35)(H,31,37). The van der Waals surface area contributed by atoms with Crippen molar-refractivity contribution in [3.8, 4) is 5.75 Å². The van der Waals surface area contributed by atoms with Gasteiger partial charge in [-0.15, -0.1) is 0 Å². The molecule has 1 aromatic carbocycles. The van der Waals surface area contributed by atoms with Gasteiger partial charge in [0.25, 0.3) is 0 Å². The quantitative estimate of drug-likeness (QED) is 0.385. The van der Waals surface area contributed by atoms with E-state index in [9.17, 15) is 24.3 Å². The summed E-state index contributed by atoms with van der Waals surface area (Å²) >= 11 is 0. The lowest BCUT2D eigenvalue weighted by atomic mass is 9.94. The number of carbonyl (C=O) groups is 4. The molecule has 1 aromatic rings. The molecule has 2 fully saturated rings. The number of nitrogens with two attached hydrogens (primary N) is 1. The first-order valence-electron chi connectivity index (χ1n) is 13.5. The Kier molecular flexibility index (Phi) is 9.27. The second kappa shape index (κ2) is 12.0. The third-order valence-electron chi connectivity index (χ3n) is 7.09. The van der Waals surface area contributed by atoms with Crippen molar-refractivity contribution in [3.05, 3.63) is 29.3 Å². The van der Waals surface area contributed by atoms with Gasteiger partial charge in [0.1, 0.15) is 23.4 Å². The van der Waals surface area contributed by atoms with Crippen LogP contribution in [0, 0.1) is 12.8 Å². The van der Waals surface area contributed by atoms with Gasteiger partial charge >= 0.3 is 6.09 Å². The molecule has 4 atom stereocenters. The third kappa shape index (κ3) is 7.85. The Labute approximate surface area is 224 Å². The molecule has 2 aliphatic carbocycles. The zero-order valence-corrected chi connectivity index (χ0v) is 23.1. The maximum Gasteiger partial charge on any atom is 0.408 e. The molecule has 3 rings (SSSR count). The van der Waals surface area contributed by atoms with Crippen molar-refractivity contribution in [1.29, 1.82) is 0 Å². The number of amides is 4. The highest BCUT2D eigenvalue weighted by molar-refractivity contribution is 5.95. The first kappa shape index (κ1) is 29.3. The van der Waals surface area contributed by atoms with E-state index in [0.29, 0.717) is 17.5 Å². The number of ether oxygens (including phenoxy) is 1. The molecule has 0 aromatic heterocycles. The molecular formula is C28H42N4O6. The number of rotatable bonds is 9. The third-order valence-corrected chi connectivity index (χ3v) is 7.09. The maximum atomic E-state index is 14.1. The van der Waals surface area contributed by atoms with Crippen molar-refractivity contribution in [2.24, 2.45) is 11.7 Å². The van der Waals surface area contributed by atoms with Gasteiger partial charge in [-0.2, -0.15) is 0 Å². The van der Waals surface area contributed by atoms with Crippen LogP contribution in [0.25, 0.3) is 0 Å². The SMILES string of the molecule is Cc1cc(C(C(=O)NC2CCCCC2)N(C(=O)C(CC(N)=O)NC(=O)OC(C)(C)C)C2CC2C)ccc1O. The molecule has 0 heterocycles. The van der Waals surface area contributed by atoms with Gasteiger partial charge in [0.2, 0.25) is 17.7 Å². The summed E-state index contributed by atoms with van der Waals surface area (Å²) in [4.78, 5) is 54.0. The van der Waals surface area contributed by atoms with Crippen LogP contribution in [-0.2, 0) is 19.1 Å². The van der Waals surface area contributed by atoms with Crippen LogP contribution in [0.3, 0.4) is 0 Å². The fourth-order valence-electron chi connectivity index (χ4n) is 5.02. The lowest BCUT2D eigenvalue weighted by Crippen LogP contribution is -2.55. The number of carbonyl (C=O) groups excluding carboxylic acids is 4. The van der Waals surface area contributed by atoms with E-state index in [1.54, 1.807) is 39.8 Å². The molecule has 2 saturated carbocycles. The number of benzene rings is 1. The Hall–Kier alpha value is -3.30. The van der Waals surface area contributed by atoms with Crippen LogP contribution < -0.4 is 16.4 Å². The summed E-state index contributed by atoms with van der Waals surface area (Å²) in [5, 5.41) is 15.8. The fraction of sp³-hybridized carbons (Fsp3) is 0.643. The number of aromatic hydroxyl groups is 1. The minimum atomic E-state index is -1.31. The summed E-state index contributed by atoms with van der Waals surface area (Å²) in [7, 11) is 0. The number of hydrogen-bond acceptors (Lipinski definition) is 6. The van der Waals surface area contributed by atoms with Crippen molar-refractivity contribution >= 4 is 23.8 Å². The zero-order chi connectivity index (χ0) is 28.2. The van der Waals surface area contributed by atoms with E-state index >= 15 is 0 Å². The second-order valence-corrected chi connectivity index (χ2v) is 11.7. The number of aryl methyl sites for hydroxylation is 1. The van der Waals surface area contributed by atoms with Crippen molar-refractivity contribution in [1.82, 2.24) is 15.5 Å². The Morgan fingerprint density at radius 2 is 1.79 bits per heavy atom. The molecule has 4 unspecified atom stereocenters. The van der Waals surface area contributed by atoms with E-state index in [2.05, 4.69) is 10.6 Å². The minimum Gasteiger partial charge on any atom is -0.508 e. The van der Waals surface area contributed by atoms with Crippen LogP contribution in [0.4, 0.5) is 4.79 Å². The summed E-state index contributed by atoms with van der Waals surface area (Å²) in [6, 6.07) is 2.24. The monoisotopic (exact) mass is 530 g/mol. The average Bonchev–Trinajstić information content (AvgIpc) is 3.53. The molecule has 2 aliphatic rings. The Morgan fingerprint density at radius 1 is 1.16 bits per heavy atom. The molecule has 38 heavy (non-hydrogen) atoms. The number of hydrogen-bond donors (Lipinski definition) is 4. The second-order valence-electron chi connectivity index (χ2n) is 11.7. The Balaban J connectivity index is 2.00. The highest BCUT2D eigenvalue weighted by Gasteiger charge is 2.48. The van der Waals surface area contributed by atoms with Gasteiger partial charge in [0, 0.05) is 12.1 Å².